The molecule has 3 aromatic carbocycles. The molecule has 0 heterocycles. The summed E-state index contributed by atoms with van der Waals surface area (Å²) in [5.41, 5.74) is 3.19. The van der Waals surface area contributed by atoms with E-state index in [2.05, 4.69) is 0 Å². The first-order valence-electron chi connectivity index (χ1n) is 10.0. The molecule has 0 saturated carbocycles. The number of rotatable bonds is 7. The van der Waals surface area contributed by atoms with Crippen molar-refractivity contribution in [3.8, 4) is 0 Å². The minimum Gasteiger partial charge on any atom is -0.207 e. The lowest BCUT2D eigenvalue weighted by Gasteiger charge is -2.21. The van der Waals surface area contributed by atoms with Crippen molar-refractivity contribution in [2.24, 2.45) is 0 Å². The number of hydrogen-bond donors (Lipinski definition) is 0. The molecule has 3 aromatic rings. The van der Waals surface area contributed by atoms with Crippen LogP contribution in [0.25, 0.3) is 12.2 Å². The third kappa shape index (κ3) is 5.82. The van der Waals surface area contributed by atoms with Crippen LogP contribution in [-0.4, -0.2) is 6.18 Å². The monoisotopic (exact) mass is 412 g/mol. The van der Waals surface area contributed by atoms with E-state index >= 15 is 0 Å². The van der Waals surface area contributed by atoms with Crippen LogP contribution in [0.15, 0.2) is 72.8 Å². The molecule has 0 bridgehead atoms. The Hall–Kier alpha value is -2.88. The molecule has 0 radical (unpaired) electrons. The lowest BCUT2D eigenvalue weighted by atomic mass is 9.91. The molecule has 0 aliphatic rings. The molecule has 0 nitrogen and oxygen atoms in total. The van der Waals surface area contributed by atoms with Crippen molar-refractivity contribution < 1.29 is 17.6 Å². The molecule has 156 valence electrons. The molecule has 0 saturated heterocycles. The van der Waals surface area contributed by atoms with E-state index in [-0.39, 0.29) is 17.8 Å². The third-order valence-corrected chi connectivity index (χ3v) is 5.08. The Kier molecular flexibility index (Phi) is 7.09. The van der Waals surface area contributed by atoms with Gasteiger partial charge in [-0.2, -0.15) is 13.2 Å². The Bertz CT molecular complexity index is 970. The highest BCUT2D eigenvalue weighted by Crippen LogP contribution is 2.37. The van der Waals surface area contributed by atoms with Crippen molar-refractivity contribution in [3.63, 3.8) is 0 Å². The number of halogens is 4. The van der Waals surface area contributed by atoms with E-state index in [9.17, 15) is 17.6 Å². The molecule has 0 aliphatic heterocycles. The van der Waals surface area contributed by atoms with Crippen molar-refractivity contribution in [1.82, 2.24) is 0 Å². The maximum absolute atomic E-state index is 14.0. The average molecular weight is 412 g/mol. The Labute approximate surface area is 174 Å². The largest absolute Gasteiger partial charge is 0.396 e. The maximum Gasteiger partial charge on any atom is 0.396 e. The molecule has 0 spiro atoms. The summed E-state index contributed by atoms with van der Waals surface area (Å²) in [6.45, 7) is 2.01. The molecule has 3 rings (SSSR count). The maximum atomic E-state index is 14.0. The van der Waals surface area contributed by atoms with E-state index in [0.29, 0.717) is 17.5 Å². The minimum atomic E-state index is -4.31. The van der Waals surface area contributed by atoms with Gasteiger partial charge in [-0.3, -0.25) is 0 Å². The fourth-order valence-electron chi connectivity index (χ4n) is 3.44. The van der Waals surface area contributed by atoms with E-state index in [1.807, 2.05) is 19.1 Å². The summed E-state index contributed by atoms with van der Waals surface area (Å²) < 4.78 is 54.7. The van der Waals surface area contributed by atoms with Gasteiger partial charge < -0.3 is 0 Å². The topological polar surface area (TPSA) is 0 Å². The van der Waals surface area contributed by atoms with E-state index in [1.54, 1.807) is 54.6 Å². The molecular weight excluding hydrogens is 388 g/mol. The highest BCUT2D eigenvalue weighted by molar-refractivity contribution is 5.69. The lowest BCUT2D eigenvalue weighted by molar-refractivity contribution is -0.150. The van der Waals surface area contributed by atoms with Gasteiger partial charge in [0.25, 0.3) is 0 Å². The predicted octanol–water partition coefficient (Wildman–Crippen LogP) is 7.84. The van der Waals surface area contributed by atoms with Crippen molar-refractivity contribution in [2.45, 2.75) is 38.3 Å². The predicted molar refractivity (Wildman–Crippen MR) is 115 cm³/mol. The first-order valence-corrected chi connectivity index (χ1v) is 10.0. The Balaban J connectivity index is 1.71. The van der Waals surface area contributed by atoms with Crippen LogP contribution in [-0.2, 0) is 12.8 Å². The summed E-state index contributed by atoms with van der Waals surface area (Å²) >= 11 is 0. The minimum absolute atomic E-state index is 0.110. The van der Waals surface area contributed by atoms with Gasteiger partial charge in [0.2, 0.25) is 0 Å². The van der Waals surface area contributed by atoms with Gasteiger partial charge in [0.15, 0.2) is 0 Å². The molecule has 0 aromatic heterocycles. The summed E-state index contributed by atoms with van der Waals surface area (Å²) in [7, 11) is 0. The smallest absolute Gasteiger partial charge is 0.207 e. The highest BCUT2D eigenvalue weighted by Gasteiger charge is 2.40. The first kappa shape index (κ1) is 21.8. The molecule has 0 amide bonds. The molecular formula is C26H24F4. The summed E-state index contributed by atoms with van der Waals surface area (Å²) in [5, 5.41) is 0. The van der Waals surface area contributed by atoms with Gasteiger partial charge in [-0.05, 0) is 46.7 Å². The quantitative estimate of drug-likeness (QED) is 0.274. The van der Waals surface area contributed by atoms with Gasteiger partial charge in [-0.1, -0.05) is 92.2 Å². The Morgan fingerprint density at radius 1 is 0.833 bits per heavy atom. The van der Waals surface area contributed by atoms with Crippen LogP contribution in [0.5, 0.6) is 0 Å². The van der Waals surface area contributed by atoms with Gasteiger partial charge in [0, 0.05) is 0 Å². The SMILES string of the molecule is CCCc1ccc(/C=C/c2ccc(CC(c3ccccc3)C(F)(F)F)cc2)cc1F. The van der Waals surface area contributed by atoms with Crippen LogP contribution in [0.4, 0.5) is 17.6 Å². The fourth-order valence-corrected chi connectivity index (χ4v) is 3.44. The Morgan fingerprint density at radius 3 is 2.07 bits per heavy atom. The highest BCUT2D eigenvalue weighted by atomic mass is 19.4. The van der Waals surface area contributed by atoms with Crippen LogP contribution < -0.4 is 0 Å². The molecule has 0 aliphatic carbocycles. The zero-order chi connectivity index (χ0) is 21.6. The van der Waals surface area contributed by atoms with Gasteiger partial charge in [-0.25, -0.2) is 4.39 Å². The number of benzene rings is 3. The van der Waals surface area contributed by atoms with Crippen LogP contribution in [0.3, 0.4) is 0 Å². The standard InChI is InChI=1S/C26H24F4/c1-2-6-23-16-15-21(18-25(23)27)14-11-19-9-12-20(13-10-19)17-24(26(28,29)30)22-7-4-3-5-8-22/h3-5,7-16,18,24H,2,6,17H2,1H3/b14-11+. The second kappa shape index (κ2) is 9.75. The fraction of sp³-hybridized carbons (Fsp3) is 0.231. The number of aryl methyl sites for hydroxylation is 1. The molecule has 0 N–H and O–H groups in total. The van der Waals surface area contributed by atoms with Gasteiger partial charge >= 0.3 is 6.18 Å². The molecule has 0 fully saturated rings. The average Bonchev–Trinajstić information content (AvgIpc) is 2.73. The van der Waals surface area contributed by atoms with Gasteiger partial charge in [0.1, 0.15) is 5.82 Å². The lowest BCUT2D eigenvalue weighted by Crippen LogP contribution is -2.22. The van der Waals surface area contributed by atoms with Gasteiger partial charge in [0.05, 0.1) is 5.92 Å². The van der Waals surface area contributed by atoms with Crippen LogP contribution in [0.2, 0.25) is 0 Å². The first-order chi connectivity index (χ1) is 14.4. The number of alkyl halides is 3. The summed E-state index contributed by atoms with van der Waals surface area (Å²) in [6, 6.07) is 20.1. The van der Waals surface area contributed by atoms with Crippen molar-refractivity contribution >= 4 is 12.2 Å². The van der Waals surface area contributed by atoms with Crippen LogP contribution in [0.1, 0.15) is 47.1 Å². The molecule has 4 heteroatoms. The molecule has 1 unspecified atom stereocenters. The second-order valence-corrected chi connectivity index (χ2v) is 7.38. The van der Waals surface area contributed by atoms with E-state index < -0.39 is 12.1 Å². The van der Waals surface area contributed by atoms with Crippen LogP contribution in [0, 0.1) is 5.82 Å². The summed E-state index contributed by atoms with van der Waals surface area (Å²) in [4.78, 5) is 0. The molecule has 30 heavy (non-hydrogen) atoms. The second-order valence-electron chi connectivity index (χ2n) is 7.38. The summed E-state index contributed by atoms with van der Waals surface area (Å²) in [6.07, 6.45) is 0.805. The number of hydrogen-bond acceptors (Lipinski definition) is 0. The normalized spacial score (nSPS) is 13.0. The summed E-state index contributed by atoms with van der Waals surface area (Å²) in [5.74, 6) is -1.75. The third-order valence-electron chi connectivity index (χ3n) is 5.08. The zero-order valence-corrected chi connectivity index (χ0v) is 16.8. The van der Waals surface area contributed by atoms with Crippen molar-refractivity contribution in [3.05, 3.63) is 106 Å². The van der Waals surface area contributed by atoms with Gasteiger partial charge in [-0.15, -0.1) is 0 Å². The van der Waals surface area contributed by atoms with Crippen molar-refractivity contribution in [1.29, 1.82) is 0 Å². The van der Waals surface area contributed by atoms with E-state index in [1.165, 1.54) is 18.2 Å². The van der Waals surface area contributed by atoms with Crippen molar-refractivity contribution in [2.75, 3.05) is 0 Å². The van der Waals surface area contributed by atoms with E-state index in [4.69, 9.17) is 0 Å². The zero-order valence-electron chi connectivity index (χ0n) is 16.8. The molecule has 1 atom stereocenters. The van der Waals surface area contributed by atoms with E-state index in [0.717, 1.165) is 17.5 Å². The van der Waals surface area contributed by atoms with Crippen LogP contribution >= 0.6 is 0 Å². The Morgan fingerprint density at radius 2 is 1.47 bits per heavy atom.